The Morgan fingerprint density at radius 2 is 2.00 bits per heavy atom. The molecule has 8 nitrogen and oxygen atoms in total. The molecule has 0 bridgehead atoms. The molecule has 4 rings (SSSR count). The number of imidazole rings is 1. The Balaban J connectivity index is 1.50. The third-order valence-electron chi connectivity index (χ3n) is 6.42. The highest BCUT2D eigenvalue weighted by Crippen LogP contribution is 2.34. The van der Waals surface area contributed by atoms with E-state index in [0.29, 0.717) is 50.6 Å². The van der Waals surface area contributed by atoms with Gasteiger partial charge in [0.25, 0.3) is 0 Å². The molecule has 164 valence electrons. The molecule has 30 heavy (non-hydrogen) atoms. The Morgan fingerprint density at radius 3 is 2.67 bits per heavy atom. The normalized spacial score (nSPS) is 19.2. The van der Waals surface area contributed by atoms with E-state index in [-0.39, 0.29) is 16.8 Å². The van der Waals surface area contributed by atoms with Crippen LogP contribution in [0.1, 0.15) is 32.0 Å². The van der Waals surface area contributed by atoms with Crippen molar-refractivity contribution in [3.8, 4) is 0 Å². The number of nitrogens with zero attached hydrogens (tertiary/aromatic N) is 4. The molecular formula is C21H30N4O4S. The summed E-state index contributed by atoms with van der Waals surface area (Å²) in [5, 5.41) is 0. The molecule has 2 heterocycles. The van der Waals surface area contributed by atoms with E-state index in [9.17, 15) is 13.2 Å². The van der Waals surface area contributed by atoms with Crippen molar-refractivity contribution in [3.63, 3.8) is 0 Å². The highest BCUT2D eigenvalue weighted by molar-refractivity contribution is 7.89. The highest BCUT2D eigenvalue weighted by Gasteiger charge is 2.32. The van der Waals surface area contributed by atoms with Gasteiger partial charge in [-0.25, -0.2) is 13.4 Å². The van der Waals surface area contributed by atoms with Crippen LogP contribution in [0.3, 0.4) is 0 Å². The van der Waals surface area contributed by atoms with Crippen LogP contribution >= 0.6 is 0 Å². The van der Waals surface area contributed by atoms with E-state index in [1.54, 1.807) is 18.2 Å². The lowest BCUT2D eigenvalue weighted by molar-refractivity contribution is -0.132. The number of aryl methyl sites for hydroxylation is 2. The topological polar surface area (TPSA) is 84.7 Å². The monoisotopic (exact) mass is 434 g/mol. The van der Waals surface area contributed by atoms with Gasteiger partial charge in [-0.3, -0.25) is 4.79 Å². The number of sulfonamides is 1. The summed E-state index contributed by atoms with van der Waals surface area (Å²) in [7, 11) is 0.220. The molecule has 0 N–H and O–H groups in total. The van der Waals surface area contributed by atoms with Gasteiger partial charge in [-0.05, 0) is 43.9 Å². The Morgan fingerprint density at radius 1 is 1.30 bits per heavy atom. The number of rotatable bonds is 7. The molecule has 0 spiro atoms. The first-order chi connectivity index (χ1) is 14.3. The first-order valence-corrected chi connectivity index (χ1v) is 12.0. The lowest BCUT2D eigenvalue weighted by atomic mass is 10.1. The molecule has 1 unspecified atom stereocenters. The molecule has 1 aromatic carbocycles. The molecule has 1 amide bonds. The minimum atomic E-state index is -3.56. The molecule has 1 aliphatic carbocycles. The molecular weight excluding hydrogens is 404 g/mol. The zero-order chi connectivity index (χ0) is 21.5. The van der Waals surface area contributed by atoms with Gasteiger partial charge in [0.2, 0.25) is 15.9 Å². The van der Waals surface area contributed by atoms with E-state index in [4.69, 9.17) is 4.74 Å². The van der Waals surface area contributed by atoms with Crippen molar-refractivity contribution in [2.75, 3.05) is 33.4 Å². The molecule has 2 fully saturated rings. The van der Waals surface area contributed by atoms with E-state index >= 15 is 0 Å². The van der Waals surface area contributed by atoms with Crippen molar-refractivity contribution in [1.82, 2.24) is 18.8 Å². The maximum absolute atomic E-state index is 12.9. The van der Waals surface area contributed by atoms with Crippen molar-refractivity contribution >= 4 is 27.0 Å². The van der Waals surface area contributed by atoms with Crippen molar-refractivity contribution < 1.29 is 17.9 Å². The fraction of sp³-hybridized carbons (Fsp3) is 0.619. The zero-order valence-electron chi connectivity index (χ0n) is 17.9. The first kappa shape index (κ1) is 21.3. The highest BCUT2D eigenvalue weighted by atomic mass is 32.2. The van der Waals surface area contributed by atoms with Crippen molar-refractivity contribution in [3.05, 3.63) is 24.0 Å². The number of morpholine rings is 1. The number of fused-ring (bicyclic) bond motifs is 1. The van der Waals surface area contributed by atoms with Crippen LogP contribution in [0.2, 0.25) is 0 Å². The molecule has 0 radical (unpaired) electrons. The maximum atomic E-state index is 12.9. The van der Waals surface area contributed by atoms with Crippen molar-refractivity contribution in [1.29, 1.82) is 0 Å². The third kappa shape index (κ3) is 4.10. The number of aromatic nitrogens is 2. The van der Waals surface area contributed by atoms with Crippen molar-refractivity contribution in [2.45, 2.75) is 43.5 Å². The van der Waals surface area contributed by atoms with Gasteiger partial charge in [-0.15, -0.1) is 0 Å². The Kier molecular flexibility index (Phi) is 5.87. The van der Waals surface area contributed by atoms with Crippen LogP contribution in [-0.4, -0.2) is 72.5 Å². The molecule has 2 aliphatic rings. The Labute approximate surface area is 177 Å². The second-order valence-corrected chi connectivity index (χ2v) is 10.3. The fourth-order valence-corrected chi connectivity index (χ4v) is 5.50. The lowest BCUT2D eigenvalue weighted by Crippen LogP contribution is -2.40. The first-order valence-electron chi connectivity index (χ1n) is 10.6. The van der Waals surface area contributed by atoms with Gasteiger partial charge in [0.15, 0.2) is 0 Å². The molecule has 1 saturated heterocycles. The van der Waals surface area contributed by atoms with Gasteiger partial charge < -0.3 is 14.2 Å². The summed E-state index contributed by atoms with van der Waals surface area (Å²) in [6.07, 6.45) is 3.33. The largest absolute Gasteiger partial charge is 0.379 e. The quantitative estimate of drug-likeness (QED) is 0.663. The van der Waals surface area contributed by atoms with E-state index < -0.39 is 10.0 Å². The van der Waals surface area contributed by atoms with Gasteiger partial charge in [-0.2, -0.15) is 4.31 Å². The zero-order valence-corrected chi connectivity index (χ0v) is 18.7. The summed E-state index contributed by atoms with van der Waals surface area (Å²) >= 11 is 0. The molecule has 1 atom stereocenters. The average Bonchev–Trinajstić information content (AvgIpc) is 3.56. The van der Waals surface area contributed by atoms with Gasteiger partial charge in [0.1, 0.15) is 5.82 Å². The Hall–Kier alpha value is -1.97. The van der Waals surface area contributed by atoms with Crippen LogP contribution in [0, 0.1) is 5.92 Å². The summed E-state index contributed by atoms with van der Waals surface area (Å²) in [6.45, 7) is 3.67. The fourth-order valence-electron chi connectivity index (χ4n) is 4.07. The molecule has 1 aliphatic heterocycles. The van der Waals surface area contributed by atoms with Gasteiger partial charge in [0, 0.05) is 46.1 Å². The number of carbonyl (C=O) groups is 1. The van der Waals surface area contributed by atoms with Crippen molar-refractivity contribution in [2.24, 2.45) is 13.0 Å². The van der Waals surface area contributed by atoms with Crippen LogP contribution in [0.5, 0.6) is 0 Å². The van der Waals surface area contributed by atoms with Crippen LogP contribution in [0.15, 0.2) is 23.1 Å². The molecule has 2 aromatic rings. The van der Waals surface area contributed by atoms with Gasteiger partial charge >= 0.3 is 0 Å². The van der Waals surface area contributed by atoms with Crippen LogP contribution in [0.4, 0.5) is 0 Å². The average molecular weight is 435 g/mol. The second kappa shape index (κ2) is 8.28. The lowest BCUT2D eigenvalue weighted by Gasteiger charge is -2.26. The second-order valence-electron chi connectivity index (χ2n) is 8.34. The summed E-state index contributed by atoms with van der Waals surface area (Å²) in [4.78, 5) is 19.3. The Bertz CT molecular complexity index is 1040. The number of hydrogen-bond donors (Lipinski definition) is 0. The van der Waals surface area contributed by atoms with Crippen LogP contribution < -0.4 is 0 Å². The van der Waals surface area contributed by atoms with Gasteiger partial charge in [-0.1, -0.05) is 0 Å². The maximum Gasteiger partial charge on any atom is 0.243 e. The minimum Gasteiger partial charge on any atom is -0.379 e. The van der Waals surface area contributed by atoms with Gasteiger partial charge in [0.05, 0.1) is 29.1 Å². The van der Waals surface area contributed by atoms with E-state index in [2.05, 4.69) is 11.9 Å². The number of ether oxygens (including phenoxy) is 1. The molecule has 1 saturated carbocycles. The minimum absolute atomic E-state index is 0.122. The summed E-state index contributed by atoms with van der Waals surface area (Å²) in [5.74, 6) is 1.55. The summed E-state index contributed by atoms with van der Waals surface area (Å²) in [5.41, 5.74) is 1.49. The van der Waals surface area contributed by atoms with Crippen LogP contribution in [-0.2, 0) is 33.0 Å². The molecule has 9 heteroatoms. The number of amides is 1. The third-order valence-corrected chi connectivity index (χ3v) is 8.32. The smallest absolute Gasteiger partial charge is 0.243 e. The standard InChI is InChI=1S/C21H30N4O4S/c1-15(16-4-5-16)23(2)21(26)9-8-20-22-18-14-17(6-7-19(18)24(20)3)30(27,28)25-10-12-29-13-11-25/h6-7,14-16H,4-5,8-13H2,1-3H3. The number of benzene rings is 1. The van der Waals surface area contributed by atoms with Crippen LogP contribution in [0.25, 0.3) is 11.0 Å². The number of hydrogen-bond acceptors (Lipinski definition) is 5. The van der Waals surface area contributed by atoms with E-state index in [1.807, 2.05) is 23.6 Å². The predicted octanol–water partition coefficient (Wildman–Crippen LogP) is 1.78. The number of carbonyl (C=O) groups excluding carboxylic acids is 1. The van der Waals surface area contributed by atoms with E-state index in [0.717, 1.165) is 11.3 Å². The van der Waals surface area contributed by atoms with E-state index in [1.165, 1.54) is 17.1 Å². The molecule has 1 aromatic heterocycles. The predicted molar refractivity (Wildman–Crippen MR) is 114 cm³/mol. The summed E-state index contributed by atoms with van der Waals surface area (Å²) in [6, 6.07) is 5.34. The SMILES string of the molecule is CC(C1CC1)N(C)C(=O)CCc1nc2cc(S(=O)(=O)N3CCOCC3)ccc2n1C. The summed E-state index contributed by atoms with van der Waals surface area (Å²) < 4.78 is 34.5.